The Morgan fingerprint density at radius 1 is 1.56 bits per heavy atom. The molecule has 4 nitrogen and oxygen atoms in total. The maximum Gasteiger partial charge on any atom is 0.161 e. The molecular formula is C13H22N4S. The van der Waals surface area contributed by atoms with Gasteiger partial charge in [0.2, 0.25) is 0 Å². The minimum absolute atomic E-state index is 0.634. The van der Waals surface area contributed by atoms with E-state index in [1.807, 2.05) is 29.7 Å². The number of anilines is 1. The SMILES string of the molecule is CCc1nn(C)cc1NC1=NCC(CC(C)C)S1. The van der Waals surface area contributed by atoms with Gasteiger partial charge in [-0.2, -0.15) is 5.10 Å². The predicted octanol–water partition coefficient (Wildman–Crippen LogP) is 2.91. The fourth-order valence-electron chi connectivity index (χ4n) is 2.15. The third-order valence-electron chi connectivity index (χ3n) is 2.93. The number of aryl methyl sites for hydroxylation is 2. The van der Waals surface area contributed by atoms with Crippen LogP contribution in [0, 0.1) is 5.92 Å². The number of amidine groups is 1. The number of nitrogens with zero attached hydrogens (tertiary/aromatic N) is 3. The summed E-state index contributed by atoms with van der Waals surface area (Å²) < 4.78 is 1.85. The first-order valence-electron chi connectivity index (χ1n) is 6.59. The monoisotopic (exact) mass is 266 g/mol. The van der Waals surface area contributed by atoms with Crippen LogP contribution in [-0.4, -0.2) is 26.7 Å². The summed E-state index contributed by atoms with van der Waals surface area (Å²) in [5, 5.41) is 9.52. The lowest BCUT2D eigenvalue weighted by atomic mass is 10.1. The van der Waals surface area contributed by atoms with Gasteiger partial charge < -0.3 is 5.32 Å². The maximum absolute atomic E-state index is 4.58. The second-order valence-electron chi connectivity index (χ2n) is 5.16. The Bertz CT molecular complexity index is 436. The number of hydrogen-bond donors (Lipinski definition) is 1. The number of nitrogens with one attached hydrogen (secondary N) is 1. The summed E-state index contributed by atoms with van der Waals surface area (Å²) in [4.78, 5) is 4.58. The van der Waals surface area contributed by atoms with Gasteiger partial charge in [-0.3, -0.25) is 9.67 Å². The van der Waals surface area contributed by atoms with E-state index in [-0.39, 0.29) is 0 Å². The average molecular weight is 266 g/mol. The first-order chi connectivity index (χ1) is 8.58. The van der Waals surface area contributed by atoms with Crippen LogP contribution in [0.5, 0.6) is 0 Å². The molecule has 0 aliphatic carbocycles. The first kappa shape index (κ1) is 13.5. The normalized spacial score (nSPS) is 19.4. The smallest absolute Gasteiger partial charge is 0.161 e. The van der Waals surface area contributed by atoms with Gasteiger partial charge in [0.25, 0.3) is 0 Å². The third-order valence-corrected chi connectivity index (χ3v) is 4.06. The summed E-state index contributed by atoms with van der Waals surface area (Å²) in [5.74, 6) is 0.738. The molecule has 0 fully saturated rings. The van der Waals surface area contributed by atoms with Crippen molar-refractivity contribution in [3.05, 3.63) is 11.9 Å². The highest BCUT2D eigenvalue weighted by atomic mass is 32.2. The van der Waals surface area contributed by atoms with E-state index in [9.17, 15) is 0 Å². The van der Waals surface area contributed by atoms with E-state index in [2.05, 4.69) is 36.2 Å². The van der Waals surface area contributed by atoms with E-state index < -0.39 is 0 Å². The molecule has 0 saturated carbocycles. The van der Waals surface area contributed by atoms with Gasteiger partial charge in [-0.15, -0.1) is 0 Å². The Labute approximate surface area is 113 Å². The van der Waals surface area contributed by atoms with Crippen LogP contribution in [0.2, 0.25) is 0 Å². The van der Waals surface area contributed by atoms with Gasteiger partial charge in [0.15, 0.2) is 5.17 Å². The molecular weight excluding hydrogens is 244 g/mol. The molecule has 1 aromatic rings. The molecule has 0 radical (unpaired) electrons. The van der Waals surface area contributed by atoms with E-state index in [0.29, 0.717) is 5.25 Å². The Kier molecular flexibility index (Phi) is 4.32. The molecule has 2 rings (SSSR count). The van der Waals surface area contributed by atoms with Crippen molar-refractivity contribution in [1.82, 2.24) is 9.78 Å². The zero-order valence-corrected chi connectivity index (χ0v) is 12.4. The predicted molar refractivity (Wildman–Crippen MR) is 79.3 cm³/mol. The summed E-state index contributed by atoms with van der Waals surface area (Å²) in [5.41, 5.74) is 2.20. The zero-order valence-electron chi connectivity index (χ0n) is 11.6. The van der Waals surface area contributed by atoms with Crippen LogP contribution < -0.4 is 5.32 Å². The van der Waals surface area contributed by atoms with Crippen molar-refractivity contribution in [3.8, 4) is 0 Å². The van der Waals surface area contributed by atoms with Gasteiger partial charge in [-0.05, 0) is 18.8 Å². The molecule has 1 aliphatic heterocycles. The van der Waals surface area contributed by atoms with E-state index in [1.54, 1.807) is 0 Å². The Hall–Kier alpha value is -0.970. The number of rotatable bonds is 4. The fraction of sp³-hybridized carbons (Fsp3) is 0.692. The molecule has 1 unspecified atom stereocenters. The van der Waals surface area contributed by atoms with Crippen molar-refractivity contribution in [3.63, 3.8) is 0 Å². The largest absolute Gasteiger partial charge is 0.332 e. The van der Waals surface area contributed by atoms with Crippen LogP contribution in [0.25, 0.3) is 0 Å². The molecule has 18 heavy (non-hydrogen) atoms. The number of aliphatic imine (C=N–C) groups is 1. The van der Waals surface area contributed by atoms with Gasteiger partial charge in [0.05, 0.1) is 17.9 Å². The second kappa shape index (κ2) is 5.78. The van der Waals surface area contributed by atoms with E-state index in [4.69, 9.17) is 0 Å². The fourth-order valence-corrected chi connectivity index (χ4v) is 3.41. The van der Waals surface area contributed by atoms with Gasteiger partial charge >= 0.3 is 0 Å². The lowest BCUT2D eigenvalue weighted by Gasteiger charge is -2.11. The van der Waals surface area contributed by atoms with E-state index >= 15 is 0 Å². The lowest BCUT2D eigenvalue weighted by molar-refractivity contribution is 0.575. The summed E-state index contributed by atoms with van der Waals surface area (Å²) in [7, 11) is 1.95. The number of hydrogen-bond acceptors (Lipinski definition) is 4. The highest BCUT2D eigenvalue weighted by molar-refractivity contribution is 8.15. The molecule has 5 heteroatoms. The summed E-state index contributed by atoms with van der Waals surface area (Å²) >= 11 is 1.86. The summed E-state index contributed by atoms with van der Waals surface area (Å²) in [6.07, 6.45) is 4.20. The van der Waals surface area contributed by atoms with Crippen LogP contribution in [0.4, 0.5) is 5.69 Å². The highest BCUT2D eigenvalue weighted by Crippen LogP contribution is 2.28. The highest BCUT2D eigenvalue weighted by Gasteiger charge is 2.21. The van der Waals surface area contributed by atoms with Crippen LogP contribution in [0.15, 0.2) is 11.2 Å². The van der Waals surface area contributed by atoms with Gasteiger partial charge in [-0.25, -0.2) is 0 Å². The van der Waals surface area contributed by atoms with Crippen LogP contribution in [0.3, 0.4) is 0 Å². The van der Waals surface area contributed by atoms with Crippen LogP contribution in [-0.2, 0) is 13.5 Å². The molecule has 0 saturated heterocycles. The second-order valence-corrected chi connectivity index (χ2v) is 6.45. The topological polar surface area (TPSA) is 42.2 Å². The molecule has 0 amide bonds. The lowest BCUT2D eigenvalue weighted by Crippen LogP contribution is -2.10. The van der Waals surface area contributed by atoms with Crippen molar-refractivity contribution in [2.24, 2.45) is 18.0 Å². The molecule has 0 spiro atoms. The minimum Gasteiger partial charge on any atom is -0.332 e. The quantitative estimate of drug-likeness (QED) is 0.911. The molecule has 0 aromatic carbocycles. The van der Waals surface area contributed by atoms with Crippen molar-refractivity contribution < 1.29 is 0 Å². The standard InChI is InChI=1S/C13H22N4S/c1-5-11-12(8-17(4)16-11)15-13-14-7-10(18-13)6-9(2)3/h8-10H,5-7H2,1-4H3,(H,14,15). The van der Waals surface area contributed by atoms with Crippen LogP contribution in [0.1, 0.15) is 32.9 Å². The Morgan fingerprint density at radius 2 is 2.33 bits per heavy atom. The average Bonchev–Trinajstić information content (AvgIpc) is 2.85. The van der Waals surface area contributed by atoms with Crippen molar-refractivity contribution >= 4 is 22.6 Å². The Morgan fingerprint density at radius 3 is 3.00 bits per heavy atom. The van der Waals surface area contributed by atoms with Crippen molar-refractivity contribution in [1.29, 1.82) is 0 Å². The number of aromatic nitrogens is 2. The molecule has 1 atom stereocenters. The molecule has 2 heterocycles. The van der Waals surface area contributed by atoms with Gasteiger partial charge in [0, 0.05) is 18.5 Å². The Balaban J connectivity index is 1.95. The summed E-state index contributed by atoms with van der Waals surface area (Å²) in [6.45, 7) is 7.59. The minimum atomic E-state index is 0.634. The van der Waals surface area contributed by atoms with Crippen LogP contribution >= 0.6 is 11.8 Å². The molecule has 1 aliphatic rings. The van der Waals surface area contributed by atoms with Gasteiger partial charge in [-0.1, -0.05) is 32.5 Å². The molecule has 100 valence electrons. The third kappa shape index (κ3) is 3.28. The molecule has 1 N–H and O–H groups in total. The zero-order chi connectivity index (χ0) is 13.1. The summed E-state index contributed by atoms with van der Waals surface area (Å²) in [6, 6.07) is 0. The van der Waals surface area contributed by atoms with E-state index in [0.717, 1.165) is 35.4 Å². The number of thioether (sulfide) groups is 1. The molecule has 0 bridgehead atoms. The van der Waals surface area contributed by atoms with Crippen molar-refractivity contribution in [2.45, 2.75) is 38.9 Å². The van der Waals surface area contributed by atoms with E-state index in [1.165, 1.54) is 6.42 Å². The van der Waals surface area contributed by atoms with Crippen molar-refractivity contribution in [2.75, 3.05) is 11.9 Å². The maximum atomic E-state index is 4.58. The molecule has 1 aromatic heterocycles. The van der Waals surface area contributed by atoms with Gasteiger partial charge in [0.1, 0.15) is 0 Å². The first-order valence-corrected chi connectivity index (χ1v) is 7.47.